The Hall–Kier alpha value is -2.39. The second-order valence-electron chi connectivity index (χ2n) is 8.56. The lowest BCUT2D eigenvalue weighted by Gasteiger charge is -2.27. The maximum atomic E-state index is 13.4. The third-order valence-corrected chi connectivity index (χ3v) is 6.42. The first kappa shape index (κ1) is 23.3. The minimum absolute atomic E-state index is 0. The van der Waals surface area contributed by atoms with E-state index < -0.39 is 0 Å². The number of hydrogen-bond donors (Lipinski definition) is 0. The smallest absolute Gasteiger partial charge is 0.169 e. The minimum Gasteiger partial charge on any atom is -0.487 e. The standard InChI is InChI=1S/C27H31NO2.ClH/c1-3-5-16-27(17-6-4-2)18-23-22(26(27)29)11-9-13-25(23)30-19-21-15-14-20-10-7-8-12-24(20)28-21;/h7-15H,3-6,16-19H2,1-2H3;1H. The highest BCUT2D eigenvalue weighted by atomic mass is 35.5. The average Bonchev–Trinajstić information content (AvgIpc) is 3.07. The van der Waals surface area contributed by atoms with Crippen LogP contribution in [0.4, 0.5) is 0 Å². The molecule has 0 aliphatic heterocycles. The number of rotatable bonds is 9. The summed E-state index contributed by atoms with van der Waals surface area (Å²) in [6.45, 7) is 4.81. The minimum atomic E-state index is -0.241. The highest BCUT2D eigenvalue weighted by Crippen LogP contribution is 2.47. The Morgan fingerprint density at radius 3 is 2.42 bits per heavy atom. The number of ether oxygens (including phenoxy) is 1. The summed E-state index contributed by atoms with van der Waals surface area (Å²) in [6.07, 6.45) is 7.19. The van der Waals surface area contributed by atoms with Gasteiger partial charge in [0.1, 0.15) is 12.4 Å². The van der Waals surface area contributed by atoms with Gasteiger partial charge in [0.2, 0.25) is 0 Å². The van der Waals surface area contributed by atoms with Crippen LogP contribution in [0.5, 0.6) is 5.75 Å². The molecule has 1 heterocycles. The number of benzene rings is 2. The molecule has 1 aromatic heterocycles. The number of pyridine rings is 1. The van der Waals surface area contributed by atoms with Gasteiger partial charge in [-0.25, -0.2) is 4.98 Å². The van der Waals surface area contributed by atoms with Gasteiger partial charge in [0.15, 0.2) is 5.78 Å². The summed E-state index contributed by atoms with van der Waals surface area (Å²) < 4.78 is 6.22. The van der Waals surface area contributed by atoms with E-state index in [1.54, 1.807) is 0 Å². The van der Waals surface area contributed by atoms with E-state index >= 15 is 0 Å². The van der Waals surface area contributed by atoms with Gasteiger partial charge in [-0.1, -0.05) is 75.9 Å². The molecule has 0 saturated carbocycles. The van der Waals surface area contributed by atoms with E-state index in [4.69, 9.17) is 9.72 Å². The molecule has 0 radical (unpaired) electrons. The fourth-order valence-electron chi connectivity index (χ4n) is 4.70. The van der Waals surface area contributed by atoms with E-state index in [1.807, 2.05) is 42.5 Å². The summed E-state index contributed by atoms with van der Waals surface area (Å²) >= 11 is 0. The van der Waals surface area contributed by atoms with Gasteiger partial charge >= 0.3 is 0 Å². The van der Waals surface area contributed by atoms with Crippen molar-refractivity contribution in [3.8, 4) is 5.75 Å². The Morgan fingerprint density at radius 1 is 0.935 bits per heavy atom. The second-order valence-corrected chi connectivity index (χ2v) is 8.56. The van der Waals surface area contributed by atoms with Gasteiger partial charge in [0, 0.05) is 21.9 Å². The van der Waals surface area contributed by atoms with Crippen molar-refractivity contribution in [3.63, 3.8) is 0 Å². The lowest BCUT2D eigenvalue weighted by Crippen LogP contribution is -2.28. The van der Waals surface area contributed by atoms with Crippen LogP contribution in [0, 0.1) is 5.41 Å². The topological polar surface area (TPSA) is 39.2 Å². The molecule has 0 spiro atoms. The average molecular weight is 438 g/mol. The van der Waals surface area contributed by atoms with Crippen molar-refractivity contribution in [2.75, 3.05) is 0 Å². The van der Waals surface area contributed by atoms with Crippen LogP contribution in [-0.2, 0) is 13.0 Å². The number of hydrogen-bond acceptors (Lipinski definition) is 3. The third-order valence-electron chi connectivity index (χ3n) is 6.42. The SMILES string of the molecule is CCCCC1(CCCC)Cc2c(OCc3ccc4ccccc4n3)cccc2C1=O.Cl. The first-order chi connectivity index (χ1) is 14.7. The Balaban J connectivity index is 0.00000272. The van der Waals surface area contributed by atoms with Crippen molar-refractivity contribution in [2.24, 2.45) is 5.41 Å². The predicted molar refractivity (Wildman–Crippen MR) is 129 cm³/mol. The molecule has 0 N–H and O–H groups in total. The lowest BCUT2D eigenvalue weighted by molar-refractivity contribution is 0.0779. The number of halogens is 1. The van der Waals surface area contributed by atoms with E-state index in [1.165, 1.54) is 0 Å². The van der Waals surface area contributed by atoms with Gasteiger partial charge < -0.3 is 4.74 Å². The van der Waals surface area contributed by atoms with E-state index in [2.05, 4.69) is 26.0 Å². The zero-order chi connectivity index (χ0) is 21.0. The summed E-state index contributed by atoms with van der Waals surface area (Å²) in [4.78, 5) is 18.2. The van der Waals surface area contributed by atoms with Gasteiger partial charge in [0.05, 0.1) is 11.2 Å². The van der Waals surface area contributed by atoms with Crippen LogP contribution in [0.3, 0.4) is 0 Å². The molecule has 0 amide bonds. The molecule has 2 aromatic carbocycles. The summed E-state index contributed by atoms with van der Waals surface area (Å²) in [5.74, 6) is 1.17. The zero-order valence-corrected chi connectivity index (χ0v) is 19.3. The van der Waals surface area contributed by atoms with Crippen molar-refractivity contribution < 1.29 is 9.53 Å². The molecular formula is C27H32ClNO2. The predicted octanol–water partition coefficient (Wildman–Crippen LogP) is 7.34. The van der Waals surface area contributed by atoms with Crippen molar-refractivity contribution >= 4 is 29.1 Å². The molecule has 164 valence electrons. The molecule has 31 heavy (non-hydrogen) atoms. The van der Waals surface area contributed by atoms with Crippen LogP contribution in [0.25, 0.3) is 10.9 Å². The van der Waals surface area contributed by atoms with Gasteiger partial charge in [-0.2, -0.15) is 0 Å². The number of nitrogens with zero attached hydrogens (tertiary/aromatic N) is 1. The molecule has 0 bridgehead atoms. The van der Waals surface area contributed by atoms with Crippen LogP contribution < -0.4 is 4.74 Å². The van der Waals surface area contributed by atoms with Crippen LogP contribution in [0.15, 0.2) is 54.6 Å². The zero-order valence-electron chi connectivity index (χ0n) is 18.5. The third kappa shape index (κ3) is 4.77. The van der Waals surface area contributed by atoms with E-state index in [9.17, 15) is 4.79 Å². The first-order valence-corrected chi connectivity index (χ1v) is 11.3. The fourth-order valence-corrected chi connectivity index (χ4v) is 4.70. The second kappa shape index (κ2) is 10.3. The van der Waals surface area contributed by atoms with Crippen molar-refractivity contribution in [1.82, 2.24) is 4.98 Å². The summed E-state index contributed by atoms with van der Waals surface area (Å²) in [7, 11) is 0. The van der Waals surface area contributed by atoms with Crippen LogP contribution >= 0.6 is 12.4 Å². The van der Waals surface area contributed by atoms with Gasteiger partial charge in [0.25, 0.3) is 0 Å². The highest BCUT2D eigenvalue weighted by molar-refractivity contribution is 6.05. The summed E-state index contributed by atoms with van der Waals surface area (Å²) in [5, 5.41) is 1.13. The highest BCUT2D eigenvalue weighted by Gasteiger charge is 2.45. The fraction of sp³-hybridized carbons (Fsp3) is 0.407. The number of aromatic nitrogens is 1. The summed E-state index contributed by atoms with van der Waals surface area (Å²) in [6, 6.07) is 18.2. The van der Waals surface area contributed by atoms with E-state index in [0.717, 1.165) is 78.4 Å². The van der Waals surface area contributed by atoms with Gasteiger partial charge in [-0.3, -0.25) is 4.79 Å². The number of para-hydroxylation sites is 1. The van der Waals surface area contributed by atoms with Crippen LogP contribution in [0.1, 0.15) is 74.0 Å². The van der Waals surface area contributed by atoms with Crippen molar-refractivity contribution in [2.45, 2.75) is 65.4 Å². The maximum absolute atomic E-state index is 13.4. The monoisotopic (exact) mass is 437 g/mol. The molecule has 0 saturated heterocycles. The molecule has 4 heteroatoms. The number of unbranched alkanes of at least 4 members (excludes halogenated alkanes) is 2. The maximum Gasteiger partial charge on any atom is 0.169 e. The van der Waals surface area contributed by atoms with Crippen LogP contribution in [-0.4, -0.2) is 10.8 Å². The Bertz CT molecular complexity index is 1040. The molecule has 3 nitrogen and oxygen atoms in total. The molecule has 1 aliphatic carbocycles. The molecule has 3 aromatic rings. The lowest BCUT2D eigenvalue weighted by atomic mass is 9.75. The quantitative estimate of drug-likeness (QED) is 0.351. The van der Waals surface area contributed by atoms with Crippen molar-refractivity contribution in [1.29, 1.82) is 0 Å². The van der Waals surface area contributed by atoms with Gasteiger partial charge in [-0.15, -0.1) is 12.4 Å². The van der Waals surface area contributed by atoms with E-state index in [-0.39, 0.29) is 17.8 Å². The first-order valence-electron chi connectivity index (χ1n) is 11.3. The number of fused-ring (bicyclic) bond motifs is 2. The molecule has 0 unspecified atom stereocenters. The molecule has 1 aliphatic rings. The largest absolute Gasteiger partial charge is 0.487 e. The molecule has 4 rings (SSSR count). The Morgan fingerprint density at radius 2 is 1.68 bits per heavy atom. The number of carbonyl (C=O) groups excluding carboxylic acids is 1. The normalized spacial score (nSPS) is 14.3. The molecule has 0 fully saturated rings. The van der Waals surface area contributed by atoms with Crippen LogP contribution in [0.2, 0.25) is 0 Å². The van der Waals surface area contributed by atoms with Crippen molar-refractivity contribution in [3.05, 3.63) is 71.4 Å². The Kier molecular flexibility index (Phi) is 7.72. The molecular weight excluding hydrogens is 406 g/mol. The number of ketones is 1. The van der Waals surface area contributed by atoms with E-state index in [0.29, 0.717) is 12.4 Å². The van der Waals surface area contributed by atoms with Gasteiger partial charge in [-0.05, 0) is 37.5 Å². The molecule has 0 atom stereocenters. The number of Topliss-reactive ketones (excluding diaryl/α,β-unsaturated/α-hetero) is 1. The Labute approximate surface area is 191 Å². The summed E-state index contributed by atoms with van der Waals surface area (Å²) in [5.41, 5.74) is 3.60. The number of carbonyl (C=O) groups is 1.